The minimum Gasteiger partial charge on any atom is -0.380 e. The number of nitrogens with one attached hydrogen (secondary N) is 1. The average Bonchev–Trinajstić information content (AvgIpc) is 3.25. The molecule has 4 aliphatic rings. The van der Waals surface area contributed by atoms with E-state index >= 15 is 0 Å². The van der Waals surface area contributed by atoms with E-state index in [9.17, 15) is 9.90 Å². The van der Waals surface area contributed by atoms with E-state index in [0.29, 0.717) is 37.4 Å². The van der Waals surface area contributed by atoms with E-state index in [4.69, 9.17) is 9.97 Å². The maximum absolute atomic E-state index is 12.9. The molecule has 2 atom stereocenters. The Labute approximate surface area is 230 Å². The molecule has 1 aromatic heterocycles. The van der Waals surface area contributed by atoms with Crippen LogP contribution in [0.2, 0.25) is 0 Å². The zero-order chi connectivity index (χ0) is 26.2. The summed E-state index contributed by atoms with van der Waals surface area (Å²) in [4.78, 5) is 28.0. The summed E-state index contributed by atoms with van der Waals surface area (Å²) in [5.41, 5.74) is -1.16. The Kier molecular flexibility index (Phi) is 9.93. The van der Waals surface area contributed by atoms with Crippen molar-refractivity contribution in [2.75, 3.05) is 31.1 Å². The summed E-state index contributed by atoms with van der Waals surface area (Å²) < 4.78 is 0. The largest absolute Gasteiger partial charge is 0.380 e. The zero-order valence-electron chi connectivity index (χ0n) is 23.6. The summed E-state index contributed by atoms with van der Waals surface area (Å²) in [6.45, 7) is 4.01. The second-order valence-electron chi connectivity index (χ2n) is 12.6. The first-order valence-corrected chi connectivity index (χ1v) is 16.0. The molecule has 38 heavy (non-hydrogen) atoms. The Morgan fingerprint density at radius 2 is 1.63 bits per heavy atom. The van der Waals surface area contributed by atoms with Gasteiger partial charge in [-0.2, -0.15) is 0 Å². The molecule has 7 nitrogen and oxygen atoms in total. The van der Waals surface area contributed by atoms with E-state index in [1.807, 2.05) is 6.20 Å². The number of piperidine rings is 1. The monoisotopic (exact) mass is 525 g/mol. The average molecular weight is 526 g/mol. The summed E-state index contributed by atoms with van der Waals surface area (Å²) in [5, 5.41) is 14.0. The van der Waals surface area contributed by atoms with Crippen LogP contribution >= 0.6 is 0 Å². The van der Waals surface area contributed by atoms with Crippen molar-refractivity contribution in [2.24, 2.45) is 5.92 Å². The highest BCUT2D eigenvalue weighted by Crippen LogP contribution is 2.35. The fourth-order valence-corrected chi connectivity index (χ4v) is 7.73. The lowest BCUT2D eigenvalue weighted by Gasteiger charge is -2.47. The van der Waals surface area contributed by atoms with Gasteiger partial charge in [0, 0.05) is 44.3 Å². The first kappa shape index (κ1) is 27.8. The Morgan fingerprint density at radius 3 is 2.39 bits per heavy atom. The number of aliphatic hydroxyl groups is 1. The predicted octanol–water partition coefficient (Wildman–Crippen LogP) is 5.01. The van der Waals surface area contributed by atoms with Crippen LogP contribution in [0.3, 0.4) is 0 Å². The summed E-state index contributed by atoms with van der Waals surface area (Å²) in [5.74, 6) is 2.43. The molecule has 0 radical (unpaired) electrons. The first-order valence-electron chi connectivity index (χ1n) is 16.0. The molecule has 2 saturated heterocycles. The van der Waals surface area contributed by atoms with Crippen LogP contribution in [0, 0.1) is 5.92 Å². The van der Waals surface area contributed by atoms with Crippen molar-refractivity contribution < 1.29 is 9.90 Å². The van der Waals surface area contributed by atoms with Gasteiger partial charge in [-0.25, -0.2) is 9.97 Å². The Bertz CT molecular complexity index is 875. The van der Waals surface area contributed by atoms with E-state index in [0.717, 1.165) is 56.8 Å². The third kappa shape index (κ3) is 7.07. The zero-order valence-corrected chi connectivity index (χ0v) is 23.6. The van der Waals surface area contributed by atoms with E-state index in [1.165, 1.54) is 77.2 Å². The van der Waals surface area contributed by atoms with Crippen LogP contribution in [0.15, 0.2) is 12.3 Å². The fraction of sp³-hybridized carbons (Fsp3) is 0.839. The van der Waals surface area contributed by atoms with E-state index in [2.05, 4.69) is 21.2 Å². The van der Waals surface area contributed by atoms with Gasteiger partial charge in [0.25, 0.3) is 5.91 Å². The maximum Gasteiger partial charge on any atom is 0.251 e. The lowest BCUT2D eigenvalue weighted by Crippen LogP contribution is -2.53. The fourth-order valence-electron chi connectivity index (χ4n) is 7.73. The number of anilines is 1. The molecule has 2 aliphatic carbocycles. The number of amides is 1. The molecule has 5 rings (SSSR count). The molecule has 0 aromatic carbocycles. The molecule has 3 heterocycles. The minimum absolute atomic E-state index is 0.151. The van der Waals surface area contributed by atoms with Crippen molar-refractivity contribution in [3.8, 4) is 0 Å². The van der Waals surface area contributed by atoms with Gasteiger partial charge < -0.3 is 15.3 Å². The lowest BCUT2D eigenvalue weighted by atomic mass is 9.81. The molecule has 0 bridgehead atoms. The van der Waals surface area contributed by atoms with Crippen LogP contribution in [0.5, 0.6) is 0 Å². The van der Waals surface area contributed by atoms with E-state index in [1.54, 1.807) is 0 Å². The molecule has 1 aromatic rings. The van der Waals surface area contributed by atoms with Crippen LogP contribution in [0.25, 0.3) is 0 Å². The minimum atomic E-state index is -1.16. The van der Waals surface area contributed by atoms with Gasteiger partial charge in [0.05, 0.1) is 0 Å². The molecular weight excluding hydrogens is 474 g/mol. The second-order valence-corrected chi connectivity index (χ2v) is 12.6. The van der Waals surface area contributed by atoms with E-state index < -0.39 is 5.60 Å². The van der Waals surface area contributed by atoms with Gasteiger partial charge in [-0.05, 0) is 76.3 Å². The van der Waals surface area contributed by atoms with Crippen LogP contribution in [-0.4, -0.2) is 69.7 Å². The summed E-state index contributed by atoms with van der Waals surface area (Å²) >= 11 is 0. The van der Waals surface area contributed by atoms with Crippen LogP contribution in [-0.2, 0) is 11.2 Å². The van der Waals surface area contributed by atoms with Crippen molar-refractivity contribution in [3.63, 3.8) is 0 Å². The Balaban J connectivity index is 1.26. The quantitative estimate of drug-likeness (QED) is 0.496. The number of rotatable bonds is 8. The Hall–Kier alpha value is -1.73. The van der Waals surface area contributed by atoms with Crippen LogP contribution < -0.4 is 10.2 Å². The number of nitrogens with zero attached hydrogens (tertiary/aromatic N) is 4. The highest BCUT2D eigenvalue weighted by molar-refractivity contribution is 5.84. The molecule has 0 unspecified atom stereocenters. The number of carbonyl (C=O) groups is 1. The number of carbonyl (C=O) groups excluding carboxylic acids is 1. The summed E-state index contributed by atoms with van der Waals surface area (Å²) in [6.07, 6.45) is 22.2. The number of hydrogen-bond donors (Lipinski definition) is 2. The normalized spacial score (nSPS) is 27.6. The molecule has 1 amide bonds. The van der Waals surface area contributed by atoms with Gasteiger partial charge in [-0.1, -0.05) is 51.4 Å². The molecule has 2 saturated carbocycles. The molecular formula is C31H51N5O2. The molecule has 4 fully saturated rings. The standard InChI is InChI=1S/C31H51N5O2/c37-30(31(38)17-7-4-8-18-31)33-19-15-27-25(12-11-23-36(27)26-13-5-3-6-14-26)24-28-32-20-16-29(34-28)35-21-9-1-2-10-22-35/h16,20,25-27,38H,1-15,17-19,21-24H2,(H,33,37)/t25-,27-/m1/s1. The van der Waals surface area contributed by atoms with Crippen molar-refractivity contribution in [1.82, 2.24) is 20.2 Å². The van der Waals surface area contributed by atoms with Gasteiger partial charge in [0.15, 0.2) is 0 Å². The van der Waals surface area contributed by atoms with Crippen LogP contribution in [0.1, 0.15) is 115 Å². The molecule has 0 spiro atoms. The smallest absolute Gasteiger partial charge is 0.251 e. The molecule has 212 valence electrons. The predicted molar refractivity (Wildman–Crippen MR) is 152 cm³/mol. The number of hydrogen-bond acceptors (Lipinski definition) is 6. The van der Waals surface area contributed by atoms with Gasteiger partial charge in [-0.15, -0.1) is 0 Å². The maximum atomic E-state index is 12.9. The topological polar surface area (TPSA) is 81.6 Å². The van der Waals surface area contributed by atoms with Crippen molar-refractivity contribution in [3.05, 3.63) is 18.1 Å². The van der Waals surface area contributed by atoms with Crippen molar-refractivity contribution >= 4 is 11.7 Å². The second kappa shape index (κ2) is 13.6. The third-order valence-electron chi connectivity index (χ3n) is 9.90. The third-order valence-corrected chi connectivity index (χ3v) is 9.90. The summed E-state index contributed by atoms with van der Waals surface area (Å²) in [7, 11) is 0. The van der Waals surface area contributed by atoms with Crippen LogP contribution in [0.4, 0.5) is 5.82 Å². The highest BCUT2D eigenvalue weighted by atomic mass is 16.3. The van der Waals surface area contributed by atoms with Crippen molar-refractivity contribution in [2.45, 2.75) is 133 Å². The van der Waals surface area contributed by atoms with Gasteiger partial charge in [0.2, 0.25) is 0 Å². The lowest BCUT2D eigenvalue weighted by molar-refractivity contribution is -0.143. The van der Waals surface area contributed by atoms with Crippen molar-refractivity contribution in [1.29, 1.82) is 0 Å². The molecule has 2 N–H and O–H groups in total. The van der Waals surface area contributed by atoms with Gasteiger partial charge in [-0.3, -0.25) is 9.69 Å². The number of aromatic nitrogens is 2. The SMILES string of the molecule is O=C(NCC[C@@H]1[C@@H](Cc2nccc(N3CCCCCC3)n2)CCCN1C1CCCCC1)C1(O)CCCCC1. The van der Waals surface area contributed by atoms with E-state index in [-0.39, 0.29) is 5.91 Å². The summed E-state index contributed by atoms with van der Waals surface area (Å²) in [6, 6.07) is 3.19. The van der Waals surface area contributed by atoms with Gasteiger partial charge in [0.1, 0.15) is 17.2 Å². The first-order chi connectivity index (χ1) is 18.6. The highest BCUT2D eigenvalue weighted by Gasteiger charge is 2.39. The Morgan fingerprint density at radius 1 is 0.921 bits per heavy atom. The number of likely N-dealkylation sites (tertiary alicyclic amines) is 1. The molecule has 7 heteroatoms. The van der Waals surface area contributed by atoms with Gasteiger partial charge >= 0.3 is 0 Å². The molecule has 2 aliphatic heterocycles.